The van der Waals surface area contributed by atoms with Crippen molar-refractivity contribution in [3.63, 3.8) is 0 Å². The van der Waals surface area contributed by atoms with Gasteiger partial charge in [0.15, 0.2) is 0 Å². The summed E-state index contributed by atoms with van der Waals surface area (Å²) >= 11 is 5.96. The lowest BCUT2D eigenvalue weighted by Crippen LogP contribution is -2.42. The smallest absolute Gasteiger partial charge is 0.243 e. The van der Waals surface area contributed by atoms with Gasteiger partial charge in [0.25, 0.3) is 0 Å². The SMILES string of the molecule is O=C(CN(C[C@@H]1CCCO1)S(=O)(=O)c1ccc(Cl)cc1)Nc1nc(-c2ccccc2)cn1-c1ccccc1. The van der Waals surface area contributed by atoms with Crippen molar-refractivity contribution in [3.05, 3.63) is 96.1 Å². The molecule has 1 N–H and O–H groups in total. The van der Waals surface area contributed by atoms with Crippen molar-refractivity contribution in [1.82, 2.24) is 13.9 Å². The minimum atomic E-state index is -3.99. The van der Waals surface area contributed by atoms with Crippen LogP contribution >= 0.6 is 11.6 Å². The highest BCUT2D eigenvalue weighted by atomic mass is 35.5. The highest BCUT2D eigenvalue weighted by Gasteiger charge is 2.31. The topological polar surface area (TPSA) is 93.5 Å². The minimum absolute atomic E-state index is 0.0600. The molecule has 0 aliphatic carbocycles. The molecule has 8 nitrogen and oxygen atoms in total. The number of benzene rings is 3. The molecule has 0 saturated carbocycles. The number of hydrogen-bond acceptors (Lipinski definition) is 5. The number of nitrogens with one attached hydrogen (secondary N) is 1. The summed E-state index contributed by atoms with van der Waals surface area (Å²) in [6.45, 7) is 0.246. The number of halogens is 1. The van der Waals surface area contributed by atoms with Crippen molar-refractivity contribution < 1.29 is 17.9 Å². The summed E-state index contributed by atoms with van der Waals surface area (Å²) in [5.41, 5.74) is 2.38. The highest BCUT2D eigenvalue weighted by molar-refractivity contribution is 7.89. The Kier molecular flexibility index (Phi) is 7.90. The number of anilines is 1. The third-order valence-corrected chi connectivity index (χ3v) is 8.34. The van der Waals surface area contributed by atoms with E-state index in [2.05, 4.69) is 10.3 Å². The van der Waals surface area contributed by atoms with Crippen molar-refractivity contribution >= 4 is 33.5 Å². The monoisotopic (exact) mass is 550 g/mol. The molecule has 0 unspecified atom stereocenters. The Labute approximate surface area is 226 Å². The van der Waals surface area contributed by atoms with Crippen LogP contribution < -0.4 is 5.32 Å². The molecule has 1 aromatic heterocycles. The molecule has 1 aliphatic heterocycles. The standard InChI is InChI=1S/C28H27ClN4O4S/c29-22-13-15-25(16-14-22)38(35,36)32(18-24-12-7-17-37-24)20-27(34)31-28-30-26(21-8-3-1-4-9-21)19-33(28)23-10-5-2-6-11-23/h1-6,8-11,13-16,19,24H,7,12,17-18,20H2,(H,30,31,34)/t24-/m0/s1. The van der Waals surface area contributed by atoms with Crippen LogP contribution in [0.15, 0.2) is 96.0 Å². The largest absolute Gasteiger partial charge is 0.377 e. The molecule has 1 fully saturated rings. The van der Waals surface area contributed by atoms with E-state index in [1.165, 1.54) is 24.3 Å². The second kappa shape index (κ2) is 11.5. The Hall–Kier alpha value is -3.50. The van der Waals surface area contributed by atoms with E-state index in [0.717, 1.165) is 28.4 Å². The van der Waals surface area contributed by atoms with Crippen LogP contribution in [0.25, 0.3) is 16.9 Å². The quantitative estimate of drug-likeness (QED) is 0.316. The first-order chi connectivity index (χ1) is 18.4. The van der Waals surface area contributed by atoms with Crippen LogP contribution in [0.5, 0.6) is 0 Å². The molecule has 1 aliphatic rings. The maximum Gasteiger partial charge on any atom is 0.243 e. The van der Waals surface area contributed by atoms with Gasteiger partial charge in [-0.25, -0.2) is 13.4 Å². The van der Waals surface area contributed by atoms with Crippen LogP contribution in [0, 0.1) is 0 Å². The number of nitrogens with zero attached hydrogens (tertiary/aromatic N) is 3. The Morgan fingerprint density at radius 3 is 2.37 bits per heavy atom. The van der Waals surface area contributed by atoms with Crippen LogP contribution in [-0.4, -0.2) is 54.0 Å². The number of imidazole rings is 1. The van der Waals surface area contributed by atoms with Gasteiger partial charge >= 0.3 is 0 Å². The molecular formula is C28H27ClN4O4S. The minimum Gasteiger partial charge on any atom is -0.377 e. The van der Waals surface area contributed by atoms with Gasteiger partial charge in [0.1, 0.15) is 0 Å². The van der Waals surface area contributed by atoms with E-state index in [9.17, 15) is 13.2 Å². The van der Waals surface area contributed by atoms with E-state index in [4.69, 9.17) is 16.3 Å². The summed E-state index contributed by atoms with van der Waals surface area (Å²) in [5.74, 6) is -0.219. The van der Waals surface area contributed by atoms with E-state index in [0.29, 0.717) is 23.3 Å². The highest BCUT2D eigenvalue weighted by Crippen LogP contribution is 2.25. The zero-order valence-corrected chi connectivity index (χ0v) is 22.1. The molecule has 3 aromatic carbocycles. The van der Waals surface area contributed by atoms with Crippen molar-refractivity contribution in [1.29, 1.82) is 0 Å². The predicted octanol–water partition coefficient (Wildman–Crippen LogP) is 5.00. The second-order valence-electron chi connectivity index (χ2n) is 8.96. The van der Waals surface area contributed by atoms with Crippen molar-refractivity contribution in [2.24, 2.45) is 0 Å². The fourth-order valence-electron chi connectivity index (χ4n) is 4.34. The van der Waals surface area contributed by atoms with Crippen LogP contribution in [0.2, 0.25) is 5.02 Å². The van der Waals surface area contributed by atoms with Gasteiger partial charge in [-0.05, 0) is 49.2 Å². The molecule has 0 bridgehead atoms. The van der Waals surface area contributed by atoms with Gasteiger partial charge < -0.3 is 4.74 Å². The molecule has 10 heteroatoms. The number of sulfonamides is 1. The number of hydrogen-bond donors (Lipinski definition) is 1. The molecule has 196 valence electrons. The fourth-order valence-corrected chi connectivity index (χ4v) is 5.90. The van der Waals surface area contributed by atoms with E-state index in [-0.39, 0.29) is 17.5 Å². The number of ether oxygens (including phenoxy) is 1. The average Bonchev–Trinajstić information content (AvgIpc) is 3.60. The molecule has 5 rings (SSSR count). The normalized spacial score (nSPS) is 15.6. The summed E-state index contributed by atoms with van der Waals surface area (Å²) in [6.07, 6.45) is 3.14. The lowest BCUT2D eigenvalue weighted by Gasteiger charge is -2.24. The number of rotatable bonds is 9. The van der Waals surface area contributed by atoms with Crippen molar-refractivity contribution in [2.75, 3.05) is 25.0 Å². The molecule has 38 heavy (non-hydrogen) atoms. The van der Waals surface area contributed by atoms with Crippen molar-refractivity contribution in [2.45, 2.75) is 23.8 Å². The first-order valence-electron chi connectivity index (χ1n) is 12.3. The number of amides is 1. The summed E-state index contributed by atoms with van der Waals surface area (Å²) in [4.78, 5) is 18.0. The molecule has 2 heterocycles. The number of para-hydroxylation sites is 1. The lowest BCUT2D eigenvalue weighted by atomic mass is 10.2. The van der Waals surface area contributed by atoms with E-state index < -0.39 is 22.5 Å². The van der Waals surface area contributed by atoms with Crippen LogP contribution in [0.1, 0.15) is 12.8 Å². The molecule has 0 spiro atoms. The fraction of sp³-hybridized carbons (Fsp3) is 0.214. The summed E-state index contributed by atoms with van der Waals surface area (Å²) in [5, 5.41) is 3.26. The predicted molar refractivity (Wildman–Crippen MR) is 147 cm³/mol. The number of carbonyl (C=O) groups is 1. The van der Waals surface area contributed by atoms with Crippen LogP contribution in [0.3, 0.4) is 0 Å². The molecular weight excluding hydrogens is 524 g/mol. The van der Waals surface area contributed by atoms with Crippen molar-refractivity contribution in [3.8, 4) is 16.9 Å². The molecule has 1 saturated heterocycles. The van der Waals surface area contributed by atoms with E-state index in [1.807, 2.05) is 66.9 Å². The van der Waals surface area contributed by atoms with Crippen LogP contribution in [-0.2, 0) is 19.6 Å². The van der Waals surface area contributed by atoms with E-state index >= 15 is 0 Å². The molecule has 1 atom stereocenters. The summed E-state index contributed by atoms with van der Waals surface area (Å²) in [6, 6.07) is 25.0. The summed E-state index contributed by atoms with van der Waals surface area (Å²) in [7, 11) is -3.99. The Bertz CT molecular complexity index is 1490. The maximum atomic E-state index is 13.5. The third kappa shape index (κ3) is 5.97. The second-order valence-corrected chi connectivity index (χ2v) is 11.3. The van der Waals surface area contributed by atoms with Crippen LogP contribution in [0.4, 0.5) is 5.95 Å². The Morgan fingerprint density at radius 2 is 1.71 bits per heavy atom. The Morgan fingerprint density at radius 1 is 1.03 bits per heavy atom. The Balaban J connectivity index is 1.43. The first kappa shape index (κ1) is 26.1. The van der Waals surface area contributed by atoms with Gasteiger partial charge in [0.2, 0.25) is 21.9 Å². The lowest BCUT2D eigenvalue weighted by molar-refractivity contribution is -0.116. The number of aromatic nitrogens is 2. The van der Waals surface area contributed by atoms with Gasteiger partial charge in [-0.1, -0.05) is 60.1 Å². The molecule has 0 radical (unpaired) electrons. The number of carbonyl (C=O) groups excluding carboxylic acids is 1. The zero-order chi connectivity index (χ0) is 26.5. The van der Waals surface area contributed by atoms with E-state index in [1.54, 1.807) is 4.57 Å². The summed E-state index contributed by atoms with van der Waals surface area (Å²) < 4.78 is 35.7. The maximum absolute atomic E-state index is 13.5. The zero-order valence-electron chi connectivity index (χ0n) is 20.5. The third-order valence-electron chi connectivity index (χ3n) is 6.26. The molecule has 1 amide bonds. The van der Waals surface area contributed by atoms with Gasteiger partial charge in [-0.15, -0.1) is 0 Å². The van der Waals surface area contributed by atoms with Gasteiger partial charge in [0, 0.05) is 35.6 Å². The average molecular weight is 551 g/mol. The molecule has 4 aromatic rings. The first-order valence-corrected chi connectivity index (χ1v) is 14.1. The van der Waals surface area contributed by atoms with Gasteiger partial charge in [-0.3, -0.25) is 14.7 Å². The van der Waals surface area contributed by atoms with Gasteiger partial charge in [0.05, 0.1) is 23.2 Å². The van der Waals surface area contributed by atoms with Gasteiger partial charge in [-0.2, -0.15) is 4.31 Å².